The molecule has 214 valence electrons. The lowest BCUT2D eigenvalue weighted by atomic mass is 10.1. The third-order valence-electron chi connectivity index (χ3n) is 6.81. The Kier molecular flexibility index (Phi) is 10.7. The summed E-state index contributed by atoms with van der Waals surface area (Å²) in [4.78, 5) is 28.8. The van der Waals surface area contributed by atoms with Crippen LogP contribution in [0.25, 0.3) is 0 Å². The third-order valence-corrected chi connectivity index (χ3v) is 8.60. The van der Waals surface area contributed by atoms with Gasteiger partial charge < -0.3 is 15.0 Å². The van der Waals surface area contributed by atoms with Gasteiger partial charge in [-0.15, -0.1) is 0 Å². The monoisotopic (exact) mass is 565 g/mol. The van der Waals surface area contributed by atoms with E-state index in [2.05, 4.69) is 5.32 Å². The van der Waals surface area contributed by atoms with Crippen molar-refractivity contribution >= 4 is 27.5 Å². The minimum absolute atomic E-state index is 0.0769. The summed E-state index contributed by atoms with van der Waals surface area (Å²) in [5, 5.41) is 2.89. The molecule has 40 heavy (non-hydrogen) atoms. The largest absolute Gasteiger partial charge is 0.497 e. The normalized spacial score (nSPS) is 11.9. The number of hydrogen-bond acceptors (Lipinski definition) is 5. The summed E-state index contributed by atoms with van der Waals surface area (Å²) >= 11 is 0. The van der Waals surface area contributed by atoms with Crippen molar-refractivity contribution < 1.29 is 22.7 Å². The SMILES string of the molecule is CCCNC(=O)C(CC)N(Cc1cccc(OC)c1)C(=O)CN(c1ccc(C)c(C)c1)S(=O)(=O)c1ccccc1. The van der Waals surface area contributed by atoms with E-state index >= 15 is 0 Å². The smallest absolute Gasteiger partial charge is 0.264 e. The maximum Gasteiger partial charge on any atom is 0.264 e. The minimum Gasteiger partial charge on any atom is -0.497 e. The first-order valence-corrected chi connectivity index (χ1v) is 14.9. The zero-order valence-corrected chi connectivity index (χ0v) is 24.7. The molecule has 1 N–H and O–H groups in total. The molecular weight excluding hydrogens is 526 g/mol. The van der Waals surface area contributed by atoms with Crippen LogP contribution in [0.15, 0.2) is 77.7 Å². The molecule has 0 spiro atoms. The number of nitrogens with one attached hydrogen (secondary N) is 1. The van der Waals surface area contributed by atoms with Gasteiger partial charge in [-0.3, -0.25) is 13.9 Å². The zero-order valence-electron chi connectivity index (χ0n) is 23.9. The number of aryl methyl sites for hydroxylation is 2. The summed E-state index contributed by atoms with van der Waals surface area (Å²) in [6.07, 6.45) is 1.11. The number of amides is 2. The number of methoxy groups -OCH3 is 1. The van der Waals surface area contributed by atoms with Crippen LogP contribution < -0.4 is 14.4 Å². The van der Waals surface area contributed by atoms with E-state index in [0.29, 0.717) is 24.4 Å². The Morgan fingerprint density at radius 3 is 2.27 bits per heavy atom. The molecule has 0 radical (unpaired) electrons. The van der Waals surface area contributed by atoms with Crippen molar-refractivity contribution in [3.63, 3.8) is 0 Å². The molecule has 3 rings (SSSR count). The first-order chi connectivity index (χ1) is 19.1. The van der Waals surface area contributed by atoms with E-state index in [1.54, 1.807) is 49.6 Å². The lowest BCUT2D eigenvalue weighted by molar-refractivity contribution is -0.140. The van der Waals surface area contributed by atoms with Gasteiger partial charge in [0, 0.05) is 13.1 Å². The second-order valence-corrected chi connectivity index (χ2v) is 11.5. The Labute approximate surface area is 238 Å². The first kappa shape index (κ1) is 30.7. The van der Waals surface area contributed by atoms with Crippen molar-refractivity contribution in [3.05, 3.63) is 89.5 Å². The van der Waals surface area contributed by atoms with Crippen LogP contribution in [0.2, 0.25) is 0 Å². The highest BCUT2D eigenvalue weighted by Gasteiger charge is 2.33. The number of carbonyl (C=O) groups excluding carboxylic acids is 2. The van der Waals surface area contributed by atoms with Gasteiger partial charge in [0.05, 0.1) is 17.7 Å². The Balaban J connectivity index is 2.07. The van der Waals surface area contributed by atoms with Gasteiger partial charge in [0.1, 0.15) is 18.3 Å². The average Bonchev–Trinajstić information content (AvgIpc) is 2.96. The zero-order chi connectivity index (χ0) is 29.3. The molecule has 0 saturated carbocycles. The summed E-state index contributed by atoms with van der Waals surface area (Å²) in [5.74, 6) is -0.139. The summed E-state index contributed by atoms with van der Waals surface area (Å²) < 4.78 is 34.3. The average molecular weight is 566 g/mol. The molecule has 2 amide bonds. The van der Waals surface area contributed by atoms with Crippen LogP contribution in [0, 0.1) is 13.8 Å². The molecule has 9 heteroatoms. The molecule has 1 unspecified atom stereocenters. The summed E-state index contributed by atoms with van der Waals surface area (Å²) in [7, 11) is -2.54. The number of rotatable bonds is 13. The number of sulfonamides is 1. The van der Waals surface area contributed by atoms with Crippen LogP contribution in [-0.4, -0.2) is 51.4 Å². The fourth-order valence-corrected chi connectivity index (χ4v) is 5.81. The van der Waals surface area contributed by atoms with Crippen LogP contribution in [0.4, 0.5) is 5.69 Å². The van der Waals surface area contributed by atoms with Crippen molar-refractivity contribution in [2.75, 3.05) is 24.5 Å². The number of nitrogens with zero attached hydrogens (tertiary/aromatic N) is 2. The highest BCUT2D eigenvalue weighted by Crippen LogP contribution is 2.27. The Hall–Kier alpha value is -3.85. The van der Waals surface area contributed by atoms with Crippen LogP contribution in [0.5, 0.6) is 5.75 Å². The van der Waals surface area contributed by atoms with E-state index in [9.17, 15) is 18.0 Å². The maximum absolute atomic E-state index is 14.1. The van der Waals surface area contributed by atoms with E-state index in [1.807, 2.05) is 45.9 Å². The quantitative estimate of drug-likeness (QED) is 0.320. The lowest BCUT2D eigenvalue weighted by Gasteiger charge is -2.33. The van der Waals surface area contributed by atoms with Crippen LogP contribution in [0.3, 0.4) is 0 Å². The van der Waals surface area contributed by atoms with Crippen molar-refractivity contribution in [3.8, 4) is 5.75 Å². The second-order valence-electron chi connectivity index (χ2n) is 9.68. The van der Waals surface area contributed by atoms with Gasteiger partial charge >= 0.3 is 0 Å². The van der Waals surface area contributed by atoms with Crippen molar-refractivity contribution in [1.29, 1.82) is 0 Å². The van der Waals surface area contributed by atoms with E-state index < -0.39 is 28.5 Å². The van der Waals surface area contributed by atoms with Crippen LogP contribution in [-0.2, 0) is 26.2 Å². The number of anilines is 1. The maximum atomic E-state index is 14.1. The standard InChI is InChI=1S/C31H39N3O5S/c1-6-18-32-31(36)29(7-2)33(21-25-12-11-13-27(20-25)39-5)30(35)22-34(26-17-16-23(3)24(4)19-26)40(37,38)28-14-9-8-10-15-28/h8-17,19-20,29H,6-7,18,21-22H2,1-5H3,(H,32,36). The molecule has 0 aromatic heterocycles. The fourth-order valence-electron chi connectivity index (χ4n) is 4.38. The molecular formula is C31H39N3O5S. The number of carbonyl (C=O) groups is 2. The second kappa shape index (κ2) is 14.0. The van der Waals surface area contributed by atoms with Crippen molar-refractivity contribution in [2.24, 2.45) is 0 Å². The van der Waals surface area contributed by atoms with E-state index in [1.165, 1.54) is 17.0 Å². The molecule has 0 aliphatic carbocycles. The van der Waals surface area contributed by atoms with Gasteiger partial charge in [-0.25, -0.2) is 8.42 Å². The molecule has 0 heterocycles. The number of ether oxygens (including phenoxy) is 1. The predicted octanol–water partition coefficient (Wildman–Crippen LogP) is 4.84. The topological polar surface area (TPSA) is 96.0 Å². The molecule has 3 aromatic carbocycles. The van der Waals surface area contributed by atoms with E-state index in [-0.39, 0.29) is 17.3 Å². The van der Waals surface area contributed by atoms with Gasteiger partial charge in [0.15, 0.2) is 0 Å². The molecule has 1 atom stereocenters. The molecule has 8 nitrogen and oxygen atoms in total. The van der Waals surface area contributed by atoms with Crippen LogP contribution >= 0.6 is 0 Å². The fraction of sp³-hybridized carbons (Fsp3) is 0.355. The van der Waals surface area contributed by atoms with E-state index in [0.717, 1.165) is 27.4 Å². The van der Waals surface area contributed by atoms with Gasteiger partial charge in [-0.1, -0.05) is 50.2 Å². The summed E-state index contributed by atoms with van der Waals surface area (Å²) in [6, 6.07) is 19.8. The lowest BCUT2D eigenvalue weighted by Crippen LogP contribution is -2.52. The molecule has 3 aromatic rings. The molecule has 0 aliphatic heterocycles. The Bertz CT molecular complexity index is 1410. The molecule has 0 saturated heterocycles. The highest BCUT2D eigenvalue weighted by atomic mass is 32.2. The van der Waals surface area contributed by atoms with Crippen molar-refractivity contribution in [2.45, 2.75) is 58.0 Å². The Morgan fingerprint density at radius 1 is 0.925 bits per heavy atom. The van der Waals surface area contributed by atoms with Gasteiger partial charge in [-0.05, 0) is 79.8 Å². The molecule has 0 fully saturated rings. The van der Waals surface area contributed by atoms with Gasteiger partial charge in [0.25, 0.3) is 10.0 Å². The van der Waals surface area contributed by atoms with Gasteiger partial charge in [-0.2, -0.15) is 0 Å². The molecule has 0 aliphatic rings. The Morgan fingerprint density at radius 2 is 1.65 bits per heavy atom. The van der Waals surface area contributed by atoms with Crippen LogP contribution in [0.1, 0.15) is 43.4 Å². The van der Waals surface area contributed by atoms with Crippen molar-refractivity contribution in [1.82, 2.24) is 10.2 Å². The predicted molar refractivity (Wildman–Crippen MR) is 158 cm³/mol. The number of hydrogen-bond donors (Lipinski definition) is 1. The third kappa shape index (κ3) is 7.41. The summed E-state index contributed by atoms with van der Waals surface area (Å²) in [6.45, 7) is 7.75. The minimum atomic E-state index is -4.10. The summed E-state index contributed by atoms with van der Waals surface area (Å²) in [5.41, 5.74) is 3.05. The highest BCUT2D eigenvalue weighted by molar-refractivity contribution is 7.92. The molecule has 0 bridgehead atoms. The first-order valence-electron chi connectivity index (χ1n) is 13.5. The van der Waals surface area contributed by atoms with Gasteiger partial charge in [0.2, 0.25) is 11.8 Å². The number of benzene rings is 3. The van der Waals surface area contributed by atoms with E-state index in [4.69, 9.17) is 4.74 Å².